The smallest absolute Gasteiger partial charge is 0.193 e. The van der Waals surface area contributed by atoms with E-state index in [0.717, 1.165) is 0 Å². The zero-order valence-electron chi connectivity index (χ0n) is 12.7. The number of nitrogens with zero attached hydrogens (tertiary/aromatic N) is 5. The van der Waals surface area contributed by atoms with E-state index in [1.54, 1.807) is 31.9 Å². The van der Waals surface area contributed by atoms with Crippen molar-refractivity contribution in [3.05, 3.63) is 34.8 Å². The third-order valence-electron chi connectivity index (χ3n) is 3.30. The fourth-order valence-corrected chi connectivity index (χ4v) is 2.60. The summed E-state index contributed by atoms with van der Waals surface area (Å²) in [4.78, 5) is 12.2. The number of benzene rings is 1. The summed E-state index contributed by atoms with van der Waals surface area (Å²) in [6.45, 7) is 3.57. The lowest BCUT2D eigenvalue weighted by atomic mass is 10.1. The number of hydrogen-bond donors (Lipinski definition) is 1. The summed E-state index contributed by atoms with van der Waals surface area (Å²) in [6, 6.07) is 1.25. The van der Waals surface area contributed by atoms with Crippen molar-refractivity contribution >= 4 is 32.7 Å². The first kappa shape index (κ1) is 15.6. The molecule has 2 aromatic heterocycles. The van der Waals surface area contributed by atoms with Gasteiger partial charge in [-0.3, -0.25) is 4.68 Å². The van der Waals surface area contributed by atoms with Crippen molar-refractivity contribution in [3.8, 4) is 5.75 Å². The zero-order valence-corrected chi connectivity index (χ0v) is 14.3. The maximum atomic E-state index is 14.2. The molecule has 0 saturated heterocycles. The van der Waals surface area contributed by atoms with E-state index >= 15 is 0 Å². The molecule has 3 aromatic rings. The Hall–Kier alpha value is -2.29. The third-order valence-corrected chi connectivity index (χ3v) is 4.06. The van der Waals surface area contributed by atoms with E-state index in [2.05, 4.69) is 36.0 Å². The fraction of sp³-hybridized carbons (Fsp3) is 0.286. The van der Waals surface area contributed by atoms with Crippen molar-refractivity contribution < 1.29 is 9.13 Å². The zero-order chi connectivity index (χ0) is 16.8. The molecular formula is C14H14BrFN6O. The Morgan fingerprint density at radius 1 is 1.30 bits per heavy atom. The second kappa shape index (κ2) is 5.41. The predicted octanol–water partition coefficient (Wildman–Crippen LogP) is 2.56. The topological polar surface area (TPSA) is 91.7 Å². The van der Waals surface area contributed by atoms with E-state index < -0.39 is 11.4 Å². The molecule has 23 heavy (non-hydrogen) atoms. The Balaban J connectivity index is 2.15. The van der Waals surface area contributed by atoms with Crippen molar-refractivity contribution in [1.29, 1.82) is 0 Å². The average Bonchev–Trinajstić information content (AvgIpc) is 2.91. The third kappa shape index (κ3) is 2.72. The summed E-state index contributed by atoms with van der Waals surface area (Å²) < 4.78 is 21.9. The van der Waals surface area contributed by atoms with Gasteiger partial charge in [0, 0.05) is 13.1 Å². The molecule has 0 aliphatic carbocycles. The first-order valence-electron chi connectivity index (χ1n) is 6.73. The first-order valence-corrected chi connectivity index (χ1v) is 7.52. The average molecular weight is 381 g/mol. The number of aromatic nitrogens is 5. The van der Waals surface area contributed by atoms with Crippen LogP contribution < -0.4 is 10.5 Å². The van der Waals surface area contributed by atoms with Crippen LogP contribution in [-0.4, -0.2) is 24.7 Å². The minimum atomic E-state index is -0.892. The van der Waals surface area contributed by atoms with E-state index in [1.807, 2.05) is 0 Å². The highest BCUT2D eigenvalue weighted by atomic mass is 79.9. The molecule has 0 aliphatic rings. The molecule has 0 spiro atoms. The van der Waals surface area contributed by atoms with Crippen molar-refractivity contribution in [2.75, 3.05) is 5.73 Å². The Bertz CT molecular complexity index is 894. The number of hydrogen-bond acceptors (Lipinski definition) is 6. The molecule has 0 amide bonds. The highest BCUT2D eigenvalue weighted by molar-refractivity contribution is 9.10. The van der Waals surface area contributed by atoms with E-state index in [-0.39, 0.29) is 16.0 Å². The lowest BCUT2D eigenvalue weighted by Crippen LogP contribution is -2.27. The predicted molar refractivity (Wildman–Crippen MR) is 86.3 cm³/mol. The summed E-state index contributed by atoms with van der Waals surface area (Å²) in [5, 5.41) is 4.67. The van der Waals surface area contributed by atoms with Gasteiger partial charge >= 0.3 is 0 Å². The van der Waals surface area contributed by atoms with Crippen LogP contribution in [0.3, 0.4) is 0 Å². The monoisotopic (exact) mass is 380 g/mol. The normalized spacial score (nSPS) is 11.9. The van der Waals surface area contributed by atoms with E-state index in [0.29, 0.717) is 16.7 Å². The fourth-order valence-electron chi connectivity index (χ4n) is 2.19. The lowest BCUT2D eigenvalue weighted by Gasteiger charge is -2.24. The van der Waals surface area contributed by atoms with Crippen LogP contribution in [0.15, 0.2) is 23.2 Å². The number of aryl methyl sites for hydroxylation is 1. The van der Waals surface area contributed by atoms with Gasteiger partial charge in [-0.25, -0.2) is 19.3 Å². The molecule has 3 rings (SSSR count). The molecule has 0 atom stereocenters. The molecule has 2 heterocycles. The second-order valence-electron chi connectivity index (χ2n) is 5.51. The van der Waals surface area contributed by atoms with E-state index in [9.17, 15) is 4.39 Å². The number of halogens is 2. The van der Waals surface area contributed by atoms with Gasteiger partial charge in [-0.05, 0) is 29.8 Å². The largest absolute Gasteiger partial charge is 0.479 e. The molecule has 1 aromatic carbocycles. The van der Waals surface area contributed by atoms with Gasteiger partial charge in [0.25, 0.3) is 0 Å². The number of fused-ring (bicyclic) bond motifs is 1. The van der Waals surface area contributed by atoms with Gasteiger partial charge in [-0.15, -0.1) is 0 Å². The Morgan fingerprint density at radius 3 is 2.70 bits per heavy atom. The lowest BCUT2D eigenvalue weighted by molar-refractivity contribution is 0.1000. The van der Waals surface area contributed by atoms with Crippen molar-refractivity contribution in [2.45, 2.75) is 19.4 Å². The SMILES string of the molecule is Cn1cnc(C(C)(C)Oc2cc(F)c(Br)c3ncnc(N)c23)n1. The highest BCUT2D eigenvalue weighted by Crippen LogP contribution is 2.38. The quantitative estimate of drug-likeness (QED) is 0.750. The molecule has 120 valence electrons. The molecule has 0 saturated carbocycles. The Kier molecular flexibility index (Phi) is 3.67. The number of anilines is 1. The highest BCUT2D eigenvalue weighted by Gasteiger charge is 2.29. The number of nitrogens with two attached hydrogens (primary N) is 1. The van der Waals surface area contributed by atoms with Crippen LogP contribution in [0.1, 0.15) is 19.7 Å². The van der Waals surface area contributed by atoms with Crippen LogP contribution in [0.2, 0.25) is 0 Å². The summed E-state index contributed by atoms with van der Waals surface area (Å²) in [7, 11) is 1.76. The van der Waals surface area contributed by atoms with Gasteiger partial charge in [0.2, 0.25) is 0 Å². The Morgan fingerprint density at radius 2 is 2.04 bits per heavy atom. The van der Waals surface area contributed by atoms with Crippen LogP contribution in [0.25, 0.3) is 10.9 Å². The number of nitrogen functional groups attached to an aromatic ring is 1. The molecule has 9 heteroatoms. The molecule has 0 unspecified atom stereocenters. The summed E-state index contributed by atoms with van der Waals surface area (Å²) in [5.41, 5.74) is 5.38. The summed E-state index contributed by atoms with van der Waals surface area (Å²) >= 11 is 3.17. The van der Waals surface area contributed by atoms with Crippen LogP contribution in [0.4, 0.5) is 10.2 Å². The van der Waals surface area contributed by atoms with Gasteiger partial charge in [0.05, 0.1) is 15.4 Å². The number of rotatable bonds is 3. The maximum absolute atomic E-state index is 14.2. The molecule has 0 radical (unpaired) electrons. The molecule has 0 fully saturated rings. The van der Waals surface area contributed by atoms with Crippen molar-refractivity contribution in [3.63, 3.8) is 0 Å². The van der Waals surface area contributed by atoms with Crippen LogP contribution in [0, 0.1) is 5.82 Å². The van der Waals surface area contributed by atoms with Crippen molar-refractivity contribution in [2.24, 2.45) is 7.05 Å². The van der Waals surface area contributed by atoms with Crippen molar-refractivity contribution in [1.82, 2.24) is 24.7 Å². The minimum Gasteiger partial charge on any atom is -0.479 e. The molecule has 0 bridgehead atoms. The molecule has 0 aliphatic heterocycles. The summed E-state index contributed by atoms with van der Waals surface area (Å²) in [6.07, 6.45) is 2.84. The number of ether oxygens (including phenoxy) is 1. The molecule has 2 N–H and O–H groups in total. The molecular weight excluding hydrogens is 367 g/mol. The van der Waals surface area contributed by atoms with Gasteiger partial charge in [-0.1, -0.05) is 0 Å². The Labute approximate surface area is 139 Å². The van der Waals surface area contributed by atoms with E-state index in [4.69, 9.17) is 10.5 Å². The van der Waals surface area contributed by atoms with Crippen LogP contribution in [-0.2, 0) is 12.6 Å². The van der Waals surface area contributed by atoms with Gasteiger partial charge in [-0.2, -0.15) is 5.10 Å². The van der Waals surface area contributed by atoms with Gasteiger partial charge < -0.3 is 10.5 Å². The van der Waals surface area contributed by atoms with E-state index in [1.165, 1.54) is 12.4 Å². The standard InChI is InChI=1S/C14H14BrFN6O/c1-14(2,13-20-6-22(3)21-13)23-8-4-7(16)10(15)11-9(8)12(17)19-5-18-11/h4-6H,1-3H3,(H2,17,18,19). The van der Waals surface area contributed by atoms with Gasteiger partial charge in [0.15, 0.2) is 11.4 Å². The van der Waals surface area contributed by atoms with Crippen LogP contribution >= 0.6 is 15.9 Å². The second-order valence-corrected chi connectivity index (χ2v) is 6.30. The van der Waals surface area contributed by atoms with Gasteiger partial charge in [0.1, 0.15) is 30.0 Å². The summed E-state index contributed by atoms with van der Waals surface area (Å²) in [5.74, 6) is 0.397. The van der Waals surface area contributed by atoms with Crippen LogP contribution in [0.5, 0.6) is 5.75 Å². The minimum absolute atomic E-state index is 0.204. The maximum Gasteiger partial charge on any atom is 0.193 e. The first-order chi connectivity index (χ1) is 10.8. The molecule has 7 nitrogen and oxygen atoms in total.